The fraction of sp³-hybridized carbons (Fsp3) is 0.200. The number of nitrogen functional groups attached to an aromatic ring is 1. The van der Waals surface area contributed by atoms with E-state index in [0.717, 1.165) is 12.0 Å². The van der Waals surface area contributed by atoms with E-state index in [9.17, 15) is 4.79 Å². The molecule has 18 heavy (non-hydrogen) atoms. The smallest absolute Gasteiger partial charge is 0.137 e. The predicted octanol–water partition coefficient (Wildman–Crippen LogP) is 2.41. The van der Waals surface area contributed by atoms with Gasteiger partial charge in [-0.2, -0.15) is 0 Å². The predicted molar refractivity (Wildman–Crippen MR) is 72.1 cm³/mol. The lowest BCUT2D eigenvalue weighted by atomic mass is 10.0. The summed E-state index contributed by atoms with van der Waals surface area (Å²) in [6.45, 7) is 0. The number of hydrogen-bond acceptors (Lipinski definition) is 3. The number of benzene rings is 1. The van der Waals surface area contributed by atoms with Crippen molar-refractivity contribution in [2.75, 3.05) is 5.73 Å². The molecule has 0 aliphatic carbocycles. The summed E-state index contributed by atoms with van der Waals surface area (Å²) in [6, 6.07) is 13.7. The summed E-state index contributed by atoms with van der Waals surface area (Å²) >= 11 is 0. The Labute approximate surface area is 107 Å². The summed E-state index contributed by atoms with van der Waals surface area (Å²) in [7, 11) is 0. The number of rotatable bonds is 5. The molecular formula is C15H16N2O. The highest BCUT2D eigenvalue weighted by atomic mass is 16.1. The van der Waals surface area contributed by atoms with Gasteiger partial charge in [-0.25, -0.2) is 4.98 Å². The molecule has 0 spiro atoms. The van der Waals surface area contributed by atoms with Crippen LogP contribution >= 0.6 is 0 Å². The fourth-order valence-electron chi connectivity index (χ4n) is 1.83. The molecule has 3 heteroatoms. The lowest BCUT2D eigenvalue weighted by Gasteiger charge is -2.04. The maximum absolute atomic E-state index is 11.9. The highest BCUT2D eigenvalue weighted by Gasteiger charge is 2.07. The largest absolute Gasteiger partial charge is 0.383 e. The van der Waals surface area contributed by atoms with Crippen LogP contribution in [-0.2, 0) is 17.6 Å². The first-order valence-electron chi connectivity index (χ1n) is 6.00. The van der Waals surface area contributed by atoms with Crippen LogP contribution in [0, 0.1) is 0 Å². The molecule has 92 valence electrons. The number of ketones is 1. The first kappa shape index (κ1) is 12.3. The molecule has 0 atom stereocenters. The minimum absolute atomic E-state index is 0.193. The number of aromatic nitrogens is 1. The van der Waals surface area contributed by atoms with Crippen molar-refractivity contribution in [3.05, 3.63) is 59.8 Å². The highest BCUT2D eigenvalue weighted by molar-refractivity contribution is 5.82. The van der Waals surface area contributed by atoms with E-state index in [1.807, 2.05) is 36.4 Å². The summed E-state index contributed by atoms with van der Waals surface area (Å²) in [4.78, 5) is 15.8. The lowest BCUT2D eigenvalue weighted by molar-refractivity contribution is -0.118. The van der Waals surface area contributed by atoms with Gasteiger partial charge in [-0.1, -0.05) is 36.4 Å². The quantitative estimate of drug-likeness (QED) is 0.873. The second-order valence-corrected chi connectivity index (χ2v) is 4.25. The van der Waals surface area contributed by atoms with Crippen molar-refractivity contribution >= 4 is 11.6 Å². The highest BCUT2D eigenvalue weighted by Crippen LogP contribution is 2.10. The number of Topliss-reactive ketones (excluding diaryl/α,β-unsaturated/α-hetero) is 1. The zero-order valence-electron chi connectivity index (χ0n) is 10.2. The third-order valence-electron chi connectivity index (χ3n) is 2.85. The molecule has 1 aromatic heterocycles. The number of anilines is 1. The van der Waals surface area contributed by atoms with E-state index < -0.39 is 0 Å². The van der Waals surface area contributed by atoms with Gasteiger partial charge < -0.3 is 5.73 Å². The average Bonchev–Trinajstić information content (AvgIpc) is 2.40. The fourth-order valence-corrected chi connectivity index (χ4v) is 1.83. The molecule has 0 aliphatic rings. The van der Waals surface area contributed by atoms with Crippen molar-refractivity contribution in [1.29, 1.82) is 0 Å². The molecule has 2 rings (SSSR count). The van der Waals surface area contributed by atoms with Gasteiger partial charge in [-0.3, -0.25) is 4.79 Å². The van der Waals surface area contributed by atoms with E-state index in [-0.39, 0.29) is 5.78 Å². The number of carbonyl (C=O) groups is 1. The van der Waals surface area contributed by atoms with Crippen LogP contribution in [0.1, 0.15) is 17.5 Å². The summed E-state index contributed by atoms with van der Waals surface area (Å²) < 4.78 is 0. The third kappa shape index (κ3) is 3.42. The van der Waals surface area contributed by atoms with E-state index in [4.69, 9.17) is 5.73 Å². The zero-order valence-corrected chi connectivity index (χ0v) is 10.2. The minimum Gasteiger partial charge on any atom is -0.383 e. The molecule has 0 amide bonds. The first-order chi connectivity index (χ1) is 8.75. The van der Waals surface area contributed by atoms with Crippen LogP contribution < -0.4 is 5.73 Å². The minimum atomic E-state index is 0.193. The summed E-state index contributed by atoms with van der Waals surface area (Å²) in [5, 5.41) is 0. The number of pyridine rings is 1. The van der Waals surface area contributed by atoms with Crippen LogP contribution in [0.3, 0.4) is 0 Å². The summed E-state index contributed by atoms with van der Waals surface area (Å²) in [5.41, 5.74) is 7.71. The molecule has 2 aromatic rings. The van der Waals surface area contributed by atoms with Crippen LogP contribution in [0.15, 0.2) is 48.7 Å². The van der Waals surface area contributed by atoms with E-state index in [1.165, 1.54) is 5.56 Å². The van der Waals surface area contributed by atoms with Crippen LogP contribution in [0.5, 0.6) is 0 Å². The Hall–Kier alpha value is -2.16. The molecule has 1 heterocycles. The van der Waals surface area contributed by atoms with Crippen LogP contribution in [-0.4, -0.2) is 10.8 Å². The second-order valence-electron chi connectivity index (χ2n) is 4.25. The van der Waals surface area contributed by atoms with E-state index >= 15 is 0 Å². The molecule has 3 nitrogen and oxygen atoms in total. The molecule has 1 aromatic carbocycles. The molecule has 2 N–H and O–H groups in total. The van der Waals surface area contributed by atoms with Crippen molar-refractivity contribution in [2.24, 2.45) is 0 Å². The van der Waals surface area contributed by atoms with Gasteiger partial charge in [0.25, 0.3) is 0 Å². The number of carbonyl (C=O) groups excluding carboxylic acids is 1. The Morgan fingerprint density at radius 2 is 1.89 bits per heavy atom. The Bertz CT molecular complexity index is 523. The number of nitrogens with zero attached hydrogens (tertiary/aromatic N) is 1. The van der Waals surface area contributed by atoms with Gasteiger partial charge in [0.05, 0.1) is 0 Å². The van der Waals surface area contributed by atoms with Crippen molar-refractivity contribution < 1.29 is 4.79 Å². The van der Waals surface area contributed by atoms with Crippen molar-refractivity contribution in [3.8, 4) is 0 Å². The summed E-state index contributed by atoms with van der Waals surface area (Å²) in [6.07, 6.45) is 3.32. The zero-order chi connectivity index (χ0) is 12.8. The number of nitrogens with two attached hydrogens (primary N) is 1. The molecule has 0 unspecified atom stereocenters. The molecule has 0 fully saturated rings. The van der Waals surface area contributed by atoms with Gasteiger partial charge in [-0.05, 0) is 18.1 Å². The molecule has 0 saturated carbocycles. The van der Waals surface area contributed by atoms with Gasteiger partial charge >= 0.3 is 0 Å². The molecule has 0 radical (unpaired) electrons. The first-order valence-corrected chi connectivity index (χ1v) is 6.00. The van der Waals surface area contributed by atoms with E-state index in [1.54, 1.807) is 12.3 Å². The van der Waals surface area contributed by atoms with E-state index in [0.29, 0.717) is 18.7 Å². The average molecular weight is 240 g/mol. The van der Waals surface area contributed by atoms with E-state index in [2.05, 4.69) is 4.98 Å². The Kier molecular flexibility index (Phi) is 4.07. The van der Waals surface area contributed by atoms with Crippen molar-refractivity contribution in [3.63, 3.8) is 0 Å². The van der Waals surface area contributed by atoms with Gasteiger partial charge in [-0.15, -0.1) is 0 Å². The lowest BCUT2D eigenvalue weighted by Crippen LogP contribution is -2.07. The molecule has 0 aliphatic heterocycles. The normalized spacial score (nSPS) is 10.2. The van der Waals surface area contributed by atoms with Crippen molar-refractivity contribution in [2.45, 2.75) is 19.3 Å². The maximum atomic E-state index is 11.9. The maximum Gasteiger partial charge on any atom is 0.137 e. The second kappa shape index (κ2) is 5.96. The topological polar surface area (TPSA) is 56.0 Å². The van der Waals surface area contributed by atoms with Crippen molar-refractivity contribution in [1.82, 2.24) is 4.98 Å². The molecule has 0 saturated heterocycles. The number of hydrogen-bond donors (Lipinski definition) is 1. The van der Waals surface area contributed by atoms with Gasteiger partial charge in [0.1, 0.15) is 11.6 Å². The molecular weight excluding hydrogens is 224 g/mol. The van der Waals surface area contributed by atoms with Gasteiger partial charge in [0.2, 0.25) is 0 Å². The number of aryl methyl sites for hydroxylation is 1. The Morgan fingerprint density at radius 3 is 2.61 bits per heavy atom. The monoisotopic (exact) mass is 240 g/mol. The van der Waals surface area contributed by atoms with Crippen LogP contribution in [0.2, 0.25) is 0 Å². The third-order valence-corrected chi connectivity index (χ3v) is 2.85. The summed E-state index contributed by atoms with van der Waals surface area (Å²) in [5.74, 6) is 0.643. The molecule has 0 bridgehead atoms. The van der Waals surface area contributed by atoms with Gasteiger partial charge in [0, 0.05) is 24.6 Å². The van der Waals surface area contributed by atoms with Crippen LogP contribution in [0.4, 0.5) is 5.82 Å². The van der Waals surface area contributed by atoms with Gasteiger partial charge in [0.15, 0.2) is 0 Å². The SMILES string of the molecule is Nc1ncccc1CC(=O)CCc1ccccc1. The standard InChI is InChI=1S/C15H16N2O/c16-15-13(7-4-10-17-15)11-14(18)9-8-12-5-2-1-3-6-12/h1-7,10H,8-9,11H2,(H2,16,17). The van der Waals surface area contributed by atoms with Crippen LogP contribution in [0.25, 0.3) is 0 Å². The Morgan fingerprint density at radius 1 is 1.11 bits per heavy atom. The Balaban J connectivity index is 1.88.